The number of nitriles is 1. The molecule has 0 spiro atoms. The van der Waals surface area contributed by atoms with E-state index >= 15 is 0 Å². The average Bonchev–Trinajstić information content (AvgIpc) is 2.92. The van der Waals surface area contributed by atoms with E-state index < -0.39 is 5.41 Å². The molecule has 0 aliphatic rings. The fourth-order valence-corrected chi connectivity index (χ4v) is 1.95. The minimum absolute atomic E-state index is 0.140. The number of H-pyrrole nitrogens is 1. The van der Waals surface area contributed by atoms with Gasteiger partial charge in [0.1, 0.15) is 6.07 Å². The predicted molar refractivity (Wildman–Crippen MR) is 82.1 cm³/mol. The molecular weight excluding hydrogens is 262 g/mol. The molecule has 0 aliphatic carbocycles. The lowest BCUT2D eigenvalue weighted by atomic mass is 9.86. The lowest BCUT2D eigenvalue weighted by Gasteiger charge is -2.15. The minimum Gasteiger partial charge on any atom is -0.293 e. The number of allylic oxidation sites excluding steroid dienone is 1. The number of hydrogen-bond acceptors (Lipinski definition) is 3. The van der Waals surface area contributed by atoms with E-state index in [4.69, 9.17) is 0 Å². The molecule has 0 amide bonds. The number of Topliss-reactive ketones (excluding diaryl/α,β-unsaturated/α-hetero) is 1. The van der Waals surface area contributed by atoms with Crippen LogP contribution in [0, 0.1) is 16.7 Å². The molecule has 0 fully saturated rings. The van der Waals surface area contributed by atoms with E-state index in [1.807, 2.05) is 36.4 Å². The van der Waals surface area contributed by atoms with Crippen LogP contribution in [-0.2, 0) is 4.79 Å². The van der Waals surface area contributed by atoms with Crippen molar-refractivity contribution < 1.29 is 4.79 Å². The highest BCUT2D eigenvalue weighted by Crippen LogP contribution is 2.25. The first kappa shape index (κ1) is 14.7. The fraction of sp³-hybridized carbons (Fsp3) is 0.235. The molecule has 4 heteroatoms. The van der Waals surface area contributed by atoms with Gasteiger partial charge < -0.3 is 0 Å². The van der Waals surface area contributed by atoms with Crippen molar-refractivity contribution in [2.24, 2.45) is 5.41 Å². The molecular formula is C17H17N3O. The molecule has 106 valence electrons. The van der Waals surface area contributed by atoms with Crippen molar-refractivity contribution in [1.82, 2.24) is 10.2 Å². The van der Waals surface area contributed by atoms with Crippen molar-refractivity contribution in [3.63, 3.8) is 0 Å². The second-order valence-corrected chi connectivity index (χ2v) is 5.82. The number of ketones is 1. The van der Waals surface area contributed by atoms with Gasteiger partial charge in [-0.05, 0) is 6.08 Å². The Morgan fingerprint density at radius 2 is 1.95 bits per heavy atom. The van der Waals surface area contributed by atoms with E-state index in [2.05, 4.69) is 10.2 Å². The summed E-state index contributed by atoms with van der Waals surface area (Å²) in [6.45, 7) is 5.40. The number of nitrogens with one attached hydrogen (secondary N) is 1. The molecule has 1 aromatic heterocycles. The predicted octanol–water partition coefficient (Wildman–Crippen LogP) is 3.60. The Morgan fingerprint density at radius 3 is 2.52 bits per heavy atom. The van der Waals surface area contributed by atoms with Gasteiger partial charge in [-0.25, -0.2) is 0 Å². The molecule has 0 saturated heterocycles. The number of aromatic amines is 1. The highest BCUT2D eigenvalue weighted by Gasteiger charge is 2.25. The Hall–Kier alpha value is -2.67. The van der Waals surface area contributed by atoms with E-state index in [0.29, 0.717) is 0 Å². The van der Waals surface area contributed by atoms with Crippen molar-refractivity contribution in [2.75, 3.05) is 0 Å². The lowest BCUT2D eigenvalue weighted by Crippen LogP contribution is -2.21. The average molecular weight is 279 g/mol. The van der Waals surface area contributed by atoms with Gasteiger partial charge >= 0.3 is 0 Å². The lowest BCUT2D eigenvalue weighted by molar-refractivity contribution is -0.121. The highest BCUT2D eigenvalue weighted by molar-refractivity contribution is 6.06. The first-order valence-electron chi connectivity index (χ1n) is 6.69. The Bertz CT molecular complexity index is 712. The number of carbonyl (C=O) groups is 1. The van der Waals surface area contributed by atoms with Gasteiger partial charge in [0.05, 0.1) is 17.5 Å². The van der Waals surface area contributed by atoms with Crippen molar-refractivity contribution in [1.29, 1.82) is 5.26 Å². The highest BCUT2D eigenvalue weighted by atomic mass is 16.1. The number of aromatic nitrogens is 2. The maximum Gasteiger partial charge on any atom is 0.178 e. The first-order chi connectivity index (χ1) is 9.93. The Morgan fingerprint density at radius 1 is 1.29 bits per heavy atom. The third-order valence-electron chi connectivity index (χ3n) is 3.08. The molecule has 4 nitrogen and oxygen atoms in total. The van der Waals surface area contributed by atoms with Gasteiger partial charge in [-0.1, -0.05) is 51.1 Å². The third-order valence-corrected chi connectivity index (χ3v) is 3.08. The van der Waals surface area contributed by atoms with E-state index in [-0.39, 0.29) is 11.4 Å². The number of carbonyl (C=O) groups excluding carboxylic acids is 1. The van der Waals surface area contributed by atoms with E-state index in [1.165, 1.54) is 0 Å². The number of nitrogens with zero attached hydrogens (tertiary/aromatic N) is 2. The molecule has 0 radical (unpaired) electrons. The summed E-state index contributed by atoms with van der Waals surface area (Å²) in [6.07, 6.45) is 3.22. The summed E-state index contributed by atoms with van der Waals surface area (Å²) in [5.41, 5.74) is 2.04. The molecule has 2 aromatic rings. The largest absolute Gasteiger partial charge is 0.293 e. The quantitative estimate of drug-likeness (QED) is 0.689. The topological polar surface area (TPSA) is 69.5 Å². The molecule has 1 aromatic carbocycles. The Labute approximate surface area is 124 Å². The van der Waals surface area contributed by atoms with Crippen molar-refractivity contribution in [3.8, 4) is 17.3 Å². The summed E-state index contributed by atoms with van der Waals surface area (Å²) in [6, 6.07) is 11.7. The van der Waals surface area contributed by atoms with Crippen LogP contribution in [0.4, 0.5) is 0 Å². The van der Waals surface area contributed by atoms with E-state index in [1.54, 1.807) is 33.0 Å². The first-order valence-corrected chi connectivity index (χ1v) is 6.69. The van der Waals surface area contributed by atoms with Crippen molar-refractivity contribution in [3.05, 3.63) is 47.7 Å². The minimum atomic E-state index is -0.585. The second kappa shape index (κ2) is 5.76. The summed E-state index contributed by atoms with van der Waals surface area (Å²) in [5, 5.41) is 16.2. The van der Waals surface area contributed by atoms with Crippen LogP contribution in [-0.4, -0.2) is 16.0 Å². The van der Waals surface area contributed by atoms with Crippen LogP contribution in [0.25, 0.3) is 17.3 Å². The molecule has 1 N–H and O–H groups in total. The summed E-state index contributed by atoms with van der Waals surface area (Å²) < 4.78 is 0. The van der Waals surface area contributed by atoms with Crippen LogP contribution in [0.5, 0.6) is 0 Å². The van der Waals surface area contributed by atoms with Gasteiger partial charge in [0.25, 0.3) is 0 Å². The number of benzene rings is 1. The molecule has 1 heterocycles. The maximum atomic E-state index is 12.2. The van der Waals surface area contributed by atoms with Gasteiger partial charge in [0.15, 0.2) is 5.78 Å². The number of rotatable bonds is 3. The zero-order valence-electron chi connectivity index (χ0n) is 12.3. The number of hydrogen-bond donors (Lipinski definition) is 1. The normalized spacial score (nSPS) is 12.0. The van der Waals surface area contributed by atoms with Gasteiger partial charge in [0, 0.05) is 16.5 Å². The van der Waals surface area contributed by atoms with Crippen molar-refractivity contribution in [2.45, 2.75) is 20.8 Å². The maximum absolute atomic E-state index is 12.2. The van der Waals surface area contributed by atoms with Crippen LogP contribution >= 0.6 is 0 Å². The standard InChI is InChI=1S/C17H17N3O/c1-17(2,3)16(21)13(10-18)9-14-11-19-20-15(14)12-7-5-4-6-8-12/h4-9,11H,1-3H3,(H,19,20). The summed E-state index contributed by atoms with van der Waals surface area (Å²) >= 11 is 0. The smallest absolute Gasteiger partial charge is 0.178 e. The van der Waals surface area contributed by atoms with Gasteiger partial charge in [-0.15, -0.1) is 0 Å². The summed E-state index contributed by atoms with van der Waals surface area (Å²) in [5.74, 6) is -0.176. The Balaban J connectivity index is 2.45. The molecule has 0 bridgehead atoms. The SMILES string of the molecule is CC(C)(C)C(=O)C(C#N)=Cc1cn[nH]c1-c1ccccc1. The molecule has 0 saturated carbocycles. The molecule has 0 aliphatic heterocycles. The van der Waals surface area contributed by atoms with Crippen LogP contribution in [0.2, 0.25) is 0 Å². The van der Waals surface area contributed by atoms with Crippen LogP contribution < -0.4 is 0 Å². The van der Waals surface area contributed by atoms with Crippen LogP contribution in [0.1, 0.15) is 26.3 Å². The summed E-state index contributed by atoms with van der Waals surface area (Å²) in [4.78, 5) is 12.2. The van der Waals surface area contributed by atoms with Gasteiger partial charge in [-0.3, -0.25) is 9.89 Å². The van der Waals surface area contributed by atoms with Gasteiger partial charge in [-0.2, -0.15) is 10.4 Å². The Kier molecular flexibility index (Phi) is 4.04. The van der Waals surface area contributed by atoms with Crippen LogP contribution in [0.15, 0.2) is 42.1 Å². The zero-order valence-corrected chi connectivity index (χ0v) is 12.3. The summed E-state index contributed by atoms with van der Waals surface area (Å²) in [7, 11) is 0. The van der Waals surface area contributed by atoms with Crippen molar-refractivity contribution >= 4 is 11.9 Å². The fourth-order valence-electron chi connectivity index (χ4n) is 1.95. The van der Waals surface area contributed by atoms with E-state index in [0.717, 1.165) is 16.8 Å². The molecule has 0 atom stereocenters. The molecule has 0 unspecified atom stereocenters. The molecule has 21 heavy (non-hydrogen) atoms. The zero-order chi connectivity index (χ0) is 15.5. The van der Waals surface area contributed by atoms with E-state index in [9.17, 15) is 10.1 Å². The van der Waals surface area contributed by atoms with Gasteiger partial charge in [0.2, 0.25) is 0 Å². The molecule has 2 rings (SSSR count). The third kappa shape index (κ3) is 3.26. The van der Waals surface area contributed by atoms with Crippen LogP contribution in [0.3, 0.4) is 0 Å². The monoisotopic (exact) mass is 279 g/mol. The second-order valence-electron chi connectivity index (χ2n) is 5.82.